The average molecular weight is 326 g/mol. The zero-order chi connectivity index (χ0) is 16.2. The van der Waals surface area contributed by atoms with Gasteiger partial charge in [-0.05, 0) is 24.1 Å². The molecule has 0 amide bonds. The van der Waals surface area contributed by atoms with Gasteiger partial charge in [0.1, 0.15) is 0 Å². The van der Waals surface area contributed by atoms with E-state index >= 15 is 0 Å². The minimum atomic E-state index is 0.0928. The summed E-state index contributed by atoms with van der Waals surface area (Å²) in [5.74, 6) is 0.250. The van der Waals surface area contributed by atoms with Crippen molar-refractivity contribution < 1.29 is 9.69 Å². The maximum Gasteiger partial charge on any atom is 0.169 e. The van der Waals surface area contributed by atoms with Crippen molar-refractivity contribution in [2.24, 2.45) is 5.41 Å². The predicted molar refractivity (Wildman–Crippen MR) is 92.9 cm³/mol. The van der Waals surface area contributed by atoms with E-state index in [2.05, 4.69) is 29.4 Å². The third kappa shape index (κ3) is 4.95. The van der Waals surface area contributed by atoms with E-state index in [-0.39, 0.29) is 11.2 Å². The number of allylic oxidation sites excluding steroid dienone is 2. The van der Waals surface area contributed by atoms with E-state index in [0.29, 0.717) is 6.42 Å². The Morgan fingerprint density at radius 3 is 2.64 bits per heavy atom. The highest BCUT2D eigenvalue weighted by Gasteiger charge is 2.27. The minimum Gasteiger partial charge on any atom is -0.383 e. The summed E-state index contributed by atoms with van der Waals surface area (Å²) in [7, 11) is 1.88. The van der Waals surface area contributed by atoms with Gasteiger partial charge < -0.3 is 20.4 Å². The second-order valence-electron chi connectivity index (χ2n) is 7.12. The van der Waals surface area contributed by atoms with Crippen LogP contribution in [0, 0.1) is 5.41 Å². The van der Waals surface area contributed by atoms with Crippen molar-refractivity contribution in [3.8, 4) is 0 Å². The van der Waals surface area contributed by atoms with E-state index in [1.807, 2.05) is 7.05 Å². The monoisotopic (exact) mass is 325 g/mol. The number of carbonyl (C=O) groups is 1. The number of nitrogens with zero attached hydrogens (tertiary/aromatic N) is 1. The van der Waals surface area contributed by atoms with Gasteiger partial charge in [0.05, 0.1) is 39.3 Å². The lowest BCUT2D eigenvalue weighted by Gasteiger charge is -2.34. The topological polar surface area (TPSA) is 48.8 Å². The normalized spacial score (nSPS) is 22.2. The molecule has 1 aliphatic heterocycles. The van der Waals surface area contributed by atoms with E-state index in [1.54, 1.807) is 11.0 Å². The molecule has 124 valence electrons. The van der Waals surface area contributed by atoms with E-state index < -0.39 is 0 Å². The van der Waals surface area contributed by atoms with E-state index in [1.165, 1.54) is 0 Å². The lowest BCUT2D eigenvalue weighted by molar-refractivity contribution is -0.902. The SMILES string of the molecule is CNC(=S)N1CC[NH+](CCNC2=CC(=O)CC(C)(C)C2)CC1. The maximum atomic E-state index is 11.7. The summed E-state index contributed by atoms with van der Waals surface area (Å²) in [6.45, 7) is 10.6. The summed E-state index contributed by atoms with van der Waals surface area (Å²) in [5.41, 5.74) is 1.20. The molecule has 0 radical (unpaired) electrons. The molecule has 0 aromatic carbocycles. The molecule has 1 heterocycles. The molecule has 1 saturated heterocycles. The molecule has 0 atom stereocenters. The summed E-state index contributed by atoms with van der Waals surface area (Å²) in [5, 5.41) is 7.36. The number of quaternary nitrogens is 1. The fourth-order valence-electron chi connectivity index (χ4n) is 3.29. The van der Waals surface area contributed by atoms with Crippen LogP contribution in [0.5, 0.6) is 0 Å². The first-order chi connectivity index (χ1) is 10.4. The highest BCUT2D eigenvalue weighted by atomic mass is 32.1. The van der Waals surface area contributed by atoms with Crippen molar-refractivity contribution in [2.75, 3.05) is 46.3 Å². The van der Waals surface area contributed by atoms with Gasteiger partial charge in [0.2, 0.25) is 0 Å². The van der Waals surface area contributed by atoms with Crippen LogP contribution in [-0.2, 0) is 4.79 Å². The zero-order valence-electron chi connectivity index (χ0n) is 14.0. The third-order valence-electron chi connectivity index (χ3n) is 4.46. The molecular weight excluding hydrogens is 296 g/mol. The van der Waals surface area contributed by atoms with Crippen molar-refractivity contribution in [2.45, 2.75) is 26.7 Å². The quantitative estimate of drug-likeness (QED) is 0.612. The van der Waals surface area contributed by atoms with Crippen molar-refractivity contribution in [3.05, 3.63) is 11.8 Å². The number of hydrogen-bond acceptors (Lipinski definition) is 3. The first-order valence-electron chi connectivity index (χ1n) is 8.17. The summed E-state index contributed by atoms with van der Waals surface area (Å²) in [4.78, 5) is 15.6. The Balaban J connectivity index is 1.70. The summed E-state index contributed by atoms with van der Waals surface area (Å²) < 4.78 is 0. The zero-order valence-corrected chi connectivity index (χ0v) is 14.8. The summed E-state index contributed by atoms with van der Waals surface area (Å²) in [6.07, 6.45) is 3.43. The van der Waals surface area contributed by atoms with Gasteiger partial charge in [0, 0.05) is 25.2 Å². The molecule has 0 aromatic rings. The Morgan fingerprint density at radius 1 is 1.36 bits per heavy atom. The van der Waals surface area contributed by atoms with Crippen LogP contribution in [0.4, 0.5) is 0 Å². The molecule has 0 unspecified atom stereocenters. The predicted octanol–water partition coefficient (Wildman–Crippen LogP) is -0.446. The molecular formula is C16H29N4OS+. The van der Waals surface area contributed by atoms with Gasteiger partial charge in [-0.25, -0.2) is 0 Å². The maximum absolute atomic E-state index is 11.7. The van der Waals surface area contributed by atoms with Crippen LogP contribution in [-0.4, -0.2) is 62.1 Å². The van der Waals surface area contributed by atoms with Gasteiger partial charge in [-0.15, -0.1) is 0 Å². The summed E-state index contributed by atoms with van der Waals surface area (Å²) in [6, 6.07) is 0. The first-order valence-corrected chi connectivity index (χ1v) is 8.58. The van der Waals surface area contributed by atoms with Gasteiger partial charge in [-0.2, -0.15) is 0 Å². The molecule has 2 aliphatic rings. The van der Waals surface area contributed by atoms with Gasteiger partial charge in [0.25, 0.3) is 0 Å². The molecule has 3 N–H and O–H groups in total. The second-order valence-corrected chi connectivity index (χ2v) is 7.51. The Labute approximate surface area is 139 Å². The summed E-state index contributed by atoms with van der Waals surface area (Å²) >= 11 is 5.27. The standard InChI is InChI=1S/C16H28N4OS/c1-16(2)11-13(10-14(21)12-16)18-4-5-19-6-8-20(9-7-19)15(22)17-3/h10,18H,4-9,11-12H2,1-3H3,(H,17,22)/p+1. The first kappa shape index (κ1) is 17.2. The van der Waals surface area contributed by atoms with Crippen molar-refractivity contribution in [3.63, 3.8) is 0 Å². The van der Waals surface area contributed by atoms with Crippen molar-refractivity contribution >= 4 is 23.1 Å². The van der Waals surface area contributed by atoms with Gasteiger partial charge in [-0.1, -0.05) is 13.8 Å². The van der Waals surface area contributed by atoms with E-state index in [0.717, 1.165) is 56.5 Å². The van der Waals surface area contributed by atoms with E-state index in [9.17, 15) is 4.79 Å². The molecule has 6 heteroatoms. The molecule has 1 aliphatic carbocycles. The molecule has 0 aromatic heterocycles. The molecule has 0 saturated carbocycles. The molecule has 2 rings (SSSR count). The second kappa shape index (κ2) is 7.42. The molecule has 0 bridgehead atoms. The average Bonchev–Trinajstić information content (AvgIpc) is 2.45. The van der Waals surface area contributed by atoms with Crippen LogP contribution in [0.15, 0.2) is 11.8 Å². The number of thiocarbonyl (C=S) groups is 1. The number of carbonyl (C=O) groups excluding carboxylic acids is 1. The van der Waals surface area contributed by atoms with Crippen LogP contribution in [0.25, 0.3) is 0 Å². The Bertz CT molecular complexity index is 453. The fraction of sp³-hybridized carbons (Fsp3) is 0.750. The molecule has 1 fully saturated rings. The Morgan fingerprint density at radius 2 is 2.05 bits per heavy atom. The largest absolute Gasteiger partial charge is 0.383 e. The number of nitrogens with one attached hydrogen (secondary N) is 3. The van der Waals surface area contributed by atoms with Crippen LogP contribution >= 0.6 is 12.2 Å². The lowest BCUT2D eigenvalue weighted by atomic mass is 9.79. The number of piperazine rings is 1. The van der Waals surface area contributed by atoms with Crippen LogP contribution in [0.1, 0.15) is 26.7 Å². The fourth-order valence-corrected chi connectivity index (χ4v) is 3.48. The lowest BCUT2D eigenvalue weighted by Crippen LogP contribution is -3.15. The van der Waals surface area contributed by atoms with E-state index in [4.69, 9.17) is 12.2 Å². The van der Waals surface area contributed by atoms with Crippen LogP contribution in [0.3, 0.4) is 0 Å². The number of hydrogen-bond donors (Lipinski definition) is 3. The third-order valence-corrected chi connectivity index (χ3v) is 4.92. The van der Waals surface area contributed by atoms with Gasteiger partial charge in [0.15, 0.2) is 10.9 Å². The number of ketones is 1. The van der Waals surface area contributed by atoms with Crippen molar-refractivity contribution in [1.29, 1.82) is 0 Å². The Hall–Kier alpha value is -1.14. The van der Waals surface area contributed by atoms with Crippen molar-refractivity contribution in [1.82, 2.24) is 15.5 Å². The minimum absolute atomic E-state index is 0.0928. The number of rotatable bonds is 4. The highest BCUT2D eigenvalue weighted by Crippen LogP contribution is 2.32. The van der Waals surface area contributed by atoms with Crippen LogP contribution in [0.2, 0.25) is 0 Å². The Kier molecular flexibility index (Phi) is 5.81. The van der Waals surface area contributed by atoms with Gasteiger partial charge in [-0.3, -0.25) is 4.79 Å². The molecule has 5 nitrogen and oxygen atoms in total. The van der Waals surface area contributed by atoms with Crippen LogP contribution < -0.4 is 15.5 Å². The van der Waals surface area contributed by atoms with Gasteiger partial charge >= 0.3 is 0 Å². The smallest absolute Gasteiger partial charge is 0.169 e. The molecule has 0 spiro atoms. The highest BCUT2D eigenvalue weighted by molar-refractivity contribution is 7.80. The molecule has 22 heavy (non-hydrogen) atoms.